The van der Waals surface area contributed by atoms with Crippen LogP contribution in [-0.2, 0) is 11.3 Å². The van der Waals surface area contributed by atoms with Gasteiger partial charge < -0.3 is 10.1 Å². The Labute approximate surface area is 110 Å². The molecule has 1 saturated carbocycles. The number of hydrogen-bond donors (Lipinski definition) is 1. The molecule has 1 aliphatic rings. The fourth-order valence-electron chi connectivity index (χ4n) is 2.26. The lowest BCUT2D eigenvalue weighted by Crippen LogP contribution is -2.45. The van der Waals surface area contributed by atoms with E-state index in [4.69, 9.17) is 4.74 Å². The van der Waals surface area contributed by atoms with Gasteiger partial charge in [0.2, 0.25) is 0 Å². The minimum atomic E-state index is 0.477. The minimum Gasteiger partial charge on any atom is -0.378 e. The standard InChI is InChI=1S/C14H25N3O/c1-4-11(3)17-7-6-12(16-17)10-15-13-8-14(9-13)18-5-2/h6-7,11,13-15H,4-5,8-10H2,1-3H3. The number of ether oxygens (including phenoxy) is 1. The maximum absolute atomic E-state index is 5.55. The summed E-state index contributed by atoms with van der Waals surface area (Å²) in [7, 11) is 0. The van der Waals surface area contributed by atoms with Gasteiger partial charge >= 0.3 is 0 Å². The summed E-state index contributed by atoms with van der Waals surface area (Å²) in [4.78, 5) is 0. The summed E-state index contributed by atoms with van der Waals surface area (Å²) >= 11 is 0. The normalized spacial score (nSPS) is 24.8. The van der Waals surface area contributed by atoms with Crippen molar-refractivity contribution >= 4 is 0 Å². The van der Waals surface area contributed by atoms with E-state index in [2.05, 4.69) is 48.1 Å². The average molecular weight is 251 g/mol. The highest BCUT2D eigenvalue weighted by atomic mass is 16.5. The summed E-state index contributed by atoms with van der Waals surface area (Å²) in [6, 6.07) is 3.21. The molecule has 1 unspecified atom stereocenters. The molecule has 1 aromatic heterocycles. The monoisotopic (exact) mass is 251 g/mol. The van der Waals surface area contributed by atoms with E-state index in [0.29, 0.717) is 18.2 Å². The van der Waals surface area contributed by atoms with Crippen molar-refractivity contribution in [3.05, 3.63) is 18.0 Å². The van der Waals surface area contributed by atoms with Gasteiger partial charge in [-0.05, 0) is 39.2 Å². The molecule has 1 fully saturated rings. The Balaban J connectivity index is 1.70. The zero-order valence-corrected chi connectivity index (χ0v) is 11.7. The largest absolute Gasteiger partial charge is 0.378 e. The lowest BCUT2D eigenvalue weighted by Gasteiger charge is -2.35. The first kappa shape index (κ1) is 13.6. The molecule has 4 nitrogen and oxygen atoms in total. The van der Waals surface area contributed by atoms with Gasteiger partial charge in [-0.25, -0.2) is 0 Å². The van der Waals surface area contributed by atoms with Crippen molar-refractivity contribution in [2.75, 3.05) is 6.61 Å². The highest BCUT2D eigenvalue weighted by molar-refractivity contribution is 5.00. The topological polar surface area (TPSA) is 39.1 Å². The number of rotatable bonds is 7. The second-order valence-corrected chi connectivity index (χ2v) is 5.17. The number of nitrogens with one attached hydrogen (secondary N) is 1. The smallest absolute Gasteiger partial charge is 0.0762 e. The molecule has 102 valence electrons. The summed E-state index contributed by atoms with van der Waals surface area (Å²) in [6.45, 7) is 8.14. The van der Waals surface area contributed by atoms with Crippen molar-refractivity contribution in [3.63, 3.8) is 0 Å². The first-order valence-corrected chi connectivity index (χ1v) is 7.11. The molecule has 0 spiro atoms. The summed E-state index contributed by atoms with van der Waals surface area (Å²) in [5, 5.41) is 8.13. The molecular weight excluding hydrogens is 226 g/mol. The number of hydrogen-bond acceptors (Lipinski definition) is 3. The Bertz CT molecular complexity index is 358. The van der Waals surface area contributed by atoms with Crippen LogP contribution in [0.25, 0.3) is 0 Å². The summed E-state index contributed by atoms with van der Waals surface area (Å²) in [5.74, 6) is 0. The van der Waals surface area contributed by atoms with Crippen molar-refractivity contribution < 1.29 is 4.74 Å². The maximum Gasteiger partial charge on any atom is 0.0762 e. The Hall–Kier alpha value is -0.870. The lowest BCUT2D eigenvalue weighted by atomic mass is 9.89. The minimum absolute atomic E-state index is 0.477. The summed E-state index contributed by atoms with van der Waals surface area (Å²) in [5.41, 5.74) is 1.13. The molecule has 0 amide bonds. The molecular formula is C14H25N3O. The van der Waals surface area contributed by atoms with Crippen LogP contribution in [0.4, 0.5) is 0 Å². The summed E-state index contributed by atoms with van der Waals surface area (Å²) in [6.07, 6.45) is 5.95. The van der Waals surface area contributed by atoms with Gasteiger partial charge in [0, 0.05) is 31.4 Å². The predicted molar refractivity (Wildman–Crippen MR) is 72.5 cm³/mol. The van der Waals surface area contributed by atoms with Crippen molar-refractivity contribution in [3.8, 4) is 0 Å². The Morgan fingerprint density at radius 1 is 1.50 bits per heavy atom. The SMILES string of the molecule is CCOC1CC(NCc2ccn(C(C)CC)n2)C1. The van der Waals surface area contributed by atoms with Crippen LogP contribution in [0.15, 0.2) is 12.3 Å². The van der Waals surface area contributed by atoms with Crippen LogP contribution < -0.4 is 5.32 Å². The van der Waals surface area contributed by atoms with Crippen molar-refractivity contribution in [1.29, 1.82) is 0 Å². The second-order valence-electron chi connectivity index (χ2n) is 5.17. The van der Waals surface area contributed by atoms with Crippen LogP contribution in [0.2, 0.25) is 0 Å². The van der Waals surface area contributed by atoms with Crippen molar-refractivity contribution in [1.82, 2.24) is 15.1 Å². The van der Waals surface area contributed by atoms with E-state index < -0.39 is 0 Å². The van der Waals surface area contributed by atoms with E-state index in [1.165, 1.54) is 0 Å². The molecule has 0 radical (unpaired) electrons. The van der Waals surface area contributed by atoms with E-state index in [-0.39, 0.29) is 0 Å². The van der Waals surface area contributed by atoms with Crippen LogP contribution in [-0.4, -0.2) is 28.5 Å². The highest BCUT2D eigenvalue weighted by Gasteiger charge is 2.28. The number of nitrogens with zero attached hydrogens (tertiary/aromatic N) is 2. The van der Waals surface area contributed by atoms with E-state index in [1.54, 1.807) is 0 Å². The molecule has 0 bridgehead atoms. The van der Waals surface area contributed by atoms with Crippen molar-refractivity contribution in [2.45, 2.75) is 64.8 Å². The molecule has 2 rings (SSSR count). The fraction of sp³-hybridized carbons (Fsp3) is 0.786. The quantitative estimate of drug-likeness (QED) is 0.809. The van der Waals surface area contributed by atoms with Crippen LogP contribution in [0.1, 0.15) is 51.8 Å². The third-order valence-corrected chi connectivity index (χ3v) is 3.78. The van der Waals surface area contributed by atoms with E-state index in [1.807, 2.05) is 0 Å². The van der Waals surface area contributed by atoms with Crippen LogP contribution in [0, 0.1) is 0 Å². The van der Waals surface area contributed by atoms with Gasteiger partial charge in [-0.2, -0.15) is 5.10 Å². The third kappa shape index (κ3) is 3.33. The molecule has 0 aromatic carbocycles. The molecule has 1 aromatic rings. The molecule has 4 heteroatoms. The molecule has 0 saturated heterocycles. The van der Waals surface area contributed by atoms with Crippen LogP contribution >= 0.6 is 0 Å². The third-order valence-electron chi connectivity index (χ3n) is 3.78. The molecule has 1 N–H and O–H groups in total. The first-order chi connectivity index (χ1) is 8.72. The Morgan fingerprint density at radius 2 is 2.28 bits per heavy atom. The van der Waals surface area contributed by atoms with Gasteiger partial charge in [0.15, 0.2) is 0 Å². The zero-order valence-electron chi connectivity index (χ0n) is 11.7. The Kier molecular flexibility index (Phi) is 4.78. The fourth-order valence-corrected chi connectivity index (χ4v) is 2.26. The van der Waals surface area contributed by atoms with Gasteiger partial charge in [-0.15, -0.1) is 0 Å². The summed E-state index contributed by atoms with van der Waals surface area (Å²) < 4.78 is 7.61. The second kappa shape index (κ2) is 6.34. The van der Waals surface area contributed by atoms with Crippen LogP contribution in [0.5, 0.6) is 0 Å². The molecule has 1 atom stereocenters. The Morgan fingerprint density at radius 3 is 2.94 bits per heavy atom. The van der Waals surface area contributed by atoms with Gasteiger partial charge in [0.1, 0.15) is 0 Å². The predicted octanol–water partition coefficient (Wildman–Crippen LogP) is 2.51. The van der Waals surface area contributed by atoms with E-state index in [0.717, 1.165) is 38.1 Å². The van der Waals surface area contributed by atoms with E-state index >= 15 is 0 Å². The van der Waals surface area contributed by atoms with Crippen LogP contribution in [0.3, 0.4) is 0 Å². The van der Waals surface area contributed by atoms with Gasteiger partial charge in [0.05, 0.1) is 11.8 Å². The zero-order chi connectivity index (χ0) is 13.0. The van der Waals surface area contributed by atoms with Gasteiger partial charge in [0.25, 0.3) is 0 Å². The molecule has 1 aliphatic carbocycles. The first-order valence-electron chi connectivity index (χ1n) is 7.11. The lowest BCUT2D eigenvalue weighted by molar-refractivity contribution is -0.0103. The molecule has 0 aliphatic heterocycles. The van der Waals surface area contributed by atoms with Gasteiger partial charge in [-0.3, -0.25) is 4.68 Å². The average Bonchev–Trinajstić information content (AvgIpc) is 2.79. The molecule has 18 heavy (non-hydrogen) atoms. The van der Waals surface area contributed by atoms with E-state index in [9.17, 15) is 0 Å². The highest BCUT2D eigenvalue weighted by Crippen LogP contribution is 2.23. The molecule has 1 heterocycles. The van der Waals surface area contributed by atoms with Crippen molar-refractivity contribution in [2.24, 2.45) is 0 Å². The maximum atomic E-state index is 5.55. The number of aromatic nitrogens is 2. The van der Waals surface area contributed by atoms with Gasteiger partial charge in [-0.1, -0.05) is 6.92 Å².